The lowest BCUT2D eigenvalue weighted by atomic mass is 9.73. The van der Waals surface area contributed by atoms with E-state index in [1.807, 2.05) is 18.2 Å². The molecule has 0 aliphatic carbocycles. The maximum absolute atomic E-state index is 12.4. The van der Waals surface area contributed by atoms with Gasteiger partial charge in [0.25, 0.3) is 0 Å². The highest BCUT2D eigenvalue weighted by Gasteiger charge is 2.50. The van der Waals surface area contributed by atoms with Gasteiger partial charge in [0.05, 0.1) is 22.2 Å². The van der Waals surface area contributed by atoms with E-state index in [0.717, 1.165) is 30.5 Å². The summed E-state index contributed by atoms with van der Waals surface area (Å²) < 4.78 is 5.69. The first-order valence-electron chi connectivity index (χ1n) is 6.39. The number of rotatable bonds is 1. The van der Waals surface area contributed by atoms with Gasteiger partial charge in [0.15, 0.2) is 0 Å². The van der Waals surface area contributed by atoms with Crippen LogP contribution < -0.4 is 5.32 Å². The normalized spacial score (nSPS) is 30.3. The topological polar surface area (TPSA) is 38.3 Å². The molecule has 0 saturated carbocycles. The fourth-order valence-corrected chi connectivity index (χ4v) is 3.29. The molecule has 1 N–H and O–H groups in total. The van der Waals surface area contributed by atoms with E-state index in [1.54, 1.807) is 0 Å². The van der Waals surface area contributed by atoms with Gasteiger partial charge in [-0.15, -0.1) is 0 Å². The second-order valence-electron chi connectivity index (χ2n) is 5.05. The van der Waals surface area contributed by atoms with Crippen LogP contribution in [-0.4, -0.2) is 18.6 Å². The Labute approximate surface area is 111 Å². The third-order valence-corrected chi connectivity index (χ3v) is 4.43. The first kappa shape index (κ1) is 12.0. The molecular weight excluding hydrogens is 250 g/mol. The van der Waals surface area contributed by atoms with E-state index < -0.39 is 5.41 Å². The van der Waals surface area contributed by atoms with Crippen molar-refractivity contribution in [2.24, 2.45) is 0 Å². The van der Waals surface area contributed by atoms with Gasteiger partial charge in [-0.1, -0.05) is 30.7 Å². The van der Waals surface area contributed by atoms with Crippen LogP contribution in [0.4, 0.5) is 5.69 Å². The maximum Gasteiger partial charge on any atom is 0.235 e. The minimum atomic E-state index is -0.431. The molecule has 0 aromatic heterocycles. The van der Waals surface area contributed by atoms with Gasteiger partial charge >= 0.3 is 0 Å². The lowest BCUT2D eigenvalue weighted by Crippen LogP contribution is -2.43. The summed E-state index contributed by atoms with van der Waals surface area (Å²) in [5.41, 5.74) is 1.40. The summed E-state index contributed by atoms with van der Waals surface area (Å²) in [5.74, 6) is 0.0763. The molecule has 1 aromatic carbocycles. The fourth-order valence-electron chi connectivity index (χ4n) is 3.07. The van der Waals surface area contributed by atoms with Crippen molar-refractivity contribution in [3.05, 3.63) is 28.8 Å². The van der Waals surface area contributed by atoms with Crippen LogP contribution in [0.1, 0.15) is 31.7 Å². The van der Waals surface area contributed by atoms with Crippen molar-refractivity contribution in [1.29, 1.82) is 0 Å². The monoisotopic (exact) mass is 265 g/mol. The fraction of sp³-hybridized carbons (Fsp3) is 0.500. The minimum absolute atomic E-state index is 0.0763. The average molecular weight is 266 g/mol. The van der Waals surface area contributed by atoms with Gasteiger partial charge in [0.1, 0.15) is 0 Å². The van der Waals surface area contributed by atoms with Crippen LogP contribution in [-0.2, 0) is 14.9 Å². The number of amides is 1. The molecule has 96 valence electrons. The number of nitrogens with one attached hydrogen (secondary N) is 1. The van der Waals surface area contributed by atoms with Crippen molar-refractivity contribution in [2.75, 3.05) is 11.9 Å². The van der Waals surface area contributed by atoms with Crippen molar-refractivity contribution in [1.82, 2.24) is 0 Å². The van der Waals surface area contributed by atoms with Gasteiger partial charge in [0.2, 0.25) is 5.91 Å². The Morgan fingerprint density at radius 2 is 2.39 bits per heavy atom. The quantitative estimate of drug-likeness (QED) is 0.847. The Morgan fingerprint density at radius 3 is 3.17 bits per heavy atom. The SMILES string of the molecule is CCC1CC2(CCO1)C(=O)Nc1c(Cl)cccc12. The third kappa shape index (κ3) is 1.57. The predicted octanol–water partition coefficient (Wildman–Crippen LogP) is 3.12. The molecule has 18 heavy (non-hydrogen) atoms. The van der Waals surface area contributed by atoms with Crippen molar-refractivity contribution in [2.45, 2.75) is 37.7 Å². The first-order chi connectivity index (χ1) is 8.67. The van der Waals surface area contributed by atoms with Crippen LogP contribution in [0.25, 0.3) is 0 Å². The lowest BCUT2D eigenvalue weighted by molar-refractivity contribution is -0.126. The highest BCUT2D eigenvalue weighted by molar-refractivity contribution is 6.34. The van der Waals surface area contributed by atoms with Crippen LogP contribution in [0, 0.1) is 0 Å². The summed E-state index contributed by atoms with van der Waals surface area (Å²) in [5, 5.41) is 3.57. The highest BCUT2D eigenvalue weighted by Crippen LogP contribution is 2.48. The molecule has 2 atom stereocenters. The number of anilines is 1. The molecule has 3 nitrogen and oxygen atoms in total. The molecule has 1 saturated heterocycles. The number of hydrogen-bond acceptors (Lipinski definition) is 2. The van der Waals surface area contributed by atoms with Crippen molar-refractivity contribution in [3.63, 3.8) is 0 Å². The molecular formula is C14H16ClNO2. The van der Waals surface area contributed by atoms with Crippen LogP contribution in [0.5, 0.6) is 0 Å². The Balaban J connectivity index is 2.07. The Bertz CT molecular complexity index is 503. The van der Waals surface area contributed by atoms with Gasteiger partial charge in [-0.2, -0.15) is 0 Å². The summed E-state index contributed by atoms with van der Waals surface area (Å²) in [4.78, 5) is 12.4. The average Bonchev–Trinajstić information content (AvgIpc) is 2.65. The second kappa shape index (κ2) is 4.25. The molecule has 2 heterocycles. The third-order valence-electron chi connectivity index (χ3n) is 4.12. The number of ether oxygens (including phenoxy) is 1. The van der Waals surface area contributed by atoms with Crippen LogP contribution in [0.3, 0.4) is 0 Å². The smallest absolute Gasteiger partial charge is 0.235 e. The molecule has 2 aliphatic heterocycles. The summed E-state index contributed by atoms with van der Waals surface area (Å²) in [6.45, 7) is 2.73. The molecule has 4 heteroatoms. The van der Waals surface area contributed by atoms with E-state index in [2.05, 4.69) is 12.2 Å². The zero-order chi connectivity index (χ0) is 12.8. The number of para-hydroxylation sites is 1. The van der Waals surface area contributed by atoms with Crippen molar-refractivity contribution in [3.8, 4) is 0 Å². The summed E-state index contributed by atoms with van der Waals surface area (Å²) in [6, 6.07) is 5.74. The predicted molar refractivity (Wildman–Crippen MR) is 71.0 cm³/mol. The van der Waals surface area contributed by atoms with Crippen LogP contribution in [0.15, 0.2) is 18.2 Å². The molecule has 1 fully saturated rings. The number of benzene rings is 1. The number of hydrogen-bond donors (Lipinski definition) is 1. The summed E-state index contributed by atoms with van der Waals surface area (Å²) in [6.07, 6.45) is 2.59. The molecule has 3 rings (SSSR count). The van der Waals surface area contributed by atoms with Gasteiger partial charge in [-0.3, -0.25) is 4.79 Å². The van der Waals surface area contributed by atoms with E-state index >= 15 is 0 Å². The number of halogens is 1. The molecule has 1 spiro atoms. The molecule has 0 bridgehead atoms. The zero-order valence-electron chi connectivity index (χ0n) is 10.3. The van der Waals surface area contributed by atoms with E-state index in [9.17, 15) is 4.79 Å². The van der Waals surface area contributed by atoms with Crippen LogP contribution in [0.2, 0.25) is 5.02 Å². The standard InChI is InChI=1S/C14H16ClNO2/c1-2-9-8-14(6-7-18-9)10-4-3-5-11(15)12(10)16-13(14)17/h3-5,9H,2,6-8H2,1H3,(H,16,17). The largest absolute Gasteiger partial charge is 0.378 e. The molecule has 2 unspecified atom stereocenters. The Hall–Kier alpha value is -1.06. The van der Waals surface area contributed by atoms with Gasteiger partial charge in [0, 0.05) is 6.61 Å². The minimum Gasteiger partial charge on any atom is -0.378 e. The molecule has 0 radical (unpaired) electrons. The Morgan fingerprint density at radius 1 is 1.56 bits per heavy atom. The maximum atomic E-state index is 12.4. The van der Waals surface area contributed by atoms with Crippen LogP contribution >= 0.6 is 11.6 Å². The van der Waals surface area contributed by atoms with Gasteiger partial charge < -0.3 is 10.1 Å². The lowest BCUT2D eigenvalue weighted by Gasteiger charge is -2.36. The van der Waals surface area contributed by atoms with Gasteiger partial charge in [-0.25, -0.2) is 0 Å². The molecule has 1 aromatic rings. The van der Waals surface area contributed by atoms with Crippen molar-refractivity contribution < 1.29 is 9.53 Å². The van der Waals surface area contributed by atoms with E-state index in [0.29, 0.717) is 11.6 Å². The number of carbonyl (C=O) groups is 1. The Kier molecular flexibility index (Phi) is 2.83. The van der Waals surface area contributed by atoms with E-state index in [4.69, 9.17) is 16.3 Å². The number of carbonyl (C=O) groups excluding carboxylic acids is 1. The highest BCUT2D eigenvalue weighted by atomic mass is 35.5. The van der Waals surface area contributed by atoms with Crippen molar-refractivity contribution >= 4 is 23.2 Å². The summed E-state index contributed by atoms with van der Waals surface area (Å²) in [7, 11) is 0. The van der Waals surface area contributed by atoms with E-state index in [1.165, 1.54) is 0 Å². The first-order valence-corrected chi connectivity index (χ1v) is 6.77. The number of fused-ring (bicyclic) bond motifs is 2. The zero-order valence-corrected chi connectivity index (χ0v) is 11.1. The molecule has 1 amide bonds. The molecule has 2 aliphatic rings. The van der Waals surface area contributed by atoms with Gasteiger partial charge in [-0.05, 0) is 30.9 Å². The summed E-state index contributed by atoms with van der Waals surface area (Å²) >= 11 is 6.16. The van der Waals surface area contributed by atoms with E-state index in [-0.39, 0.29) is 12.0 Å². The second-order valence-corrected chi connectivity index (χ2v) is 5.46.